The SMILES string of the molecule is CB(O)N1CCCCC1C(=O)O.COC(=O)CC1CCCCN1B(C)O. The van der Waals surface area contributed by atoms with Crippen LogP contribution in [0, 0.1) is 0 Å². The molecule has 2 aliphatic rings. The van der Waals surface area contributed by atoms with Gasteiger partial charge in [0.1, 0.15) is 6.04 Å². The average molecular weight is 370 g/mol. The minimum atomic E-state index is -0.824. The summed E-state index contributed by atoms with van der Waals surface area (Å²) in [7, 11) is 0.286. The summed E-state index contributed by atoms with van der Waals surface area (Å²) in [6.45, 7) is 4.92. The molecule has 0 bridgehead atoms. The summed E-state index contributed by atoms with van der Waals surface area (Å²) < 4.78 is 4.63. The van der Waals surface area contributed by atoms with Crippen molar-refractivity contribution < 1.29 is 29.5 Å². The zero-order valence-electron chi connectivity index (χ0n) is 16.1. The Morgan fingerprint density at radius 1 is 1.00 bits per heavy atom. The van der Waals surface area contributed by atoms with E-state index in [1.54, 1.807) is 18.5 Å². The number of nitrogens with zero attached hydrogens (tertiary/aromatic N) is 2. The molecular formula is C16H32B2N2O6. The number of piperidine rings is 2. The zero-order valence-corrected chi connectivity index (χ0v) is 16.1. The van der Waals surface area contributed by atoms with Gasteiger partial charge in [0, 0.05) is 6.04 Å². The van der Waals surface area contributed by atoms with Crippen LogP contribution in [0.2, 0.25) is 13.6 Å². The summed E-state index contributed by atoms with van der Waals surface area (Å²) in [5.41, 5.74) is 0. The summed E-state index contributed by atoms with van der Waals surface area (Å²) in [6.07, 6.45) is 6.17. The lowest BCUT2D eigenvalue weighted by Gasteiger charge is -2.35. The van der Waals surface area contributed by atoms with E-state index >= 15 is 0 Å². The van der Waals surface area contributed by atoms with Gasteiger partial charge in [0.2, 0.25) is 0 Å². The first-order valence-electron chi connectivity index (χ1n) is 9.45. The van der Waals surface area contributed by atoms with Gasteiger partial charge in [-0.15, -0.1) is 0 Å². The maximum absolute atomic E-state index is 11.1. The number of esters is 1. The van der Waals surface area contributed by atoms with Crippen LogP contribution in [-0.2, 0) is 14.3 Å². The highest BCUT2D eigenvalue weighted by Crippen LogP contribution is 2.20. The van der Waals surface area contributed by atoms with E-state index in [9.17, 15) is 19.6 Å². The normalized spacial score (nSPS) is 24.2. The molecule has 10 heteroatoms. The molecule has 0 aromatic rings. The van der Waals surface area contributed by atoms with E-state index in [0.29, 0.717) is 19.4 Å². The van der Waals surface area contributed by atoms with Gasteiger partial charge in [-0.25, -0.2) is 0 Å². The van der Waals surface area contributed by atoms with Gasteiger partial charge >= 0.3 is 26.0 Å². The number of ether oxygens (including phenoxy) is 1. The fraction of sp³-hybridized carbons (Fsp3) is 0.875. The quantitative estimate of drug-likeness (QED) is 0.476. The molecule has 3 N–H and O–H groups in total. The second-order valence-electron chi connectivity index (χ2n) is 7.02. The summed E-state index contributed by atoms with van der Waals surface area (Å²) in [6, 6.07) is -0.338. The van der Waals surface area contributed by atoms with Crippen LogP contribution in [0.3, 0.4) is 0 Å². The molecule has 2 fully saturated rings. The fourth-order valence-electron chi connectivity index (χ4n) is 3.68. The third-order valence-electron chi connectivity index (χ3n) is 5.09. The number of carboxylic acids is 1. The Labute approximate surface area is 156 Å². The highest BCUT2D eigenvalue weighted by Gasteiger charge is 2.32. The average Bonchev–Trinajstić information content (AvgIpc) is 2.62. The van der Waals surface area contributed by atoms with E-state index < -0.39 is 26.1 Å². The lowest BCUT2D eigenvalue weighted by molar-refractivity contribution is -0.143. The largest absolute Gasteiger partial charge is 0.480 e. The second-order valence-corrected chi connectivity index (χ2v) is 7.02. The fourth-order valence-corrected chi connectivity index (χ4v) is 3.68. The van der Waals surface area contributed by atoms with Crippen molar-refractivity contribution in [2.24, 2.45) is 0 Å². The summed E-state index contributed by atoms with van der Waals surface area (Å²) in [4.78, 5) is 25.4. The maximum atomic E-state index is 11.1. The predicted molar refractivity (Wildman–Crippen MR) is 101 cm³/mol. The molecule has 2 unspecified atom stereocenters. The van der Waals surface area contributed by atoms with Gasteiger partial charge in [-0.2, -0.15) is 0 Å². The van der Waals surface area contributed by atoms with Crippen molar-refractivity contribution in [1.82, 2.24) is 9.62 Å². The van der Waals surface area contributed by atoms with Crippen LogP contribution in [0.25, 0.3) is 0 Å². The molecule has 0 radical (unpaired) electrons. The van der Waals surface area contributed by atoms with Gasteiger partial charge in [0.25, 0.3) is 0 Å². The lowest BCUT2D eigenvalue weighted by Crippen LogP contribution is -2.51. The molecule has 2 saturated heterocycles. The number of methoxy groups -OCH3 is 1. The topological polar surface area (TPSA) is 111 Å². The van der Waals surface area contributed by atoms with E-state index in [0.717, 1.165) is 38.6 Å². The van der Waals surface area contributed by atoms with E-state index in [-0.39, 0.29) is 12.0 Å². The highest BCUT2D eigenvalue weighted by molar-refractivity contribution is 6.46. The Bertz CT molecular complexity index is 452. The van der Waals surface area contributed by atoms with Crippen molar-refractivity contribution in [1.29, 1.82) is 0 Å². The summed E-state index contributed by atoms with van der Waals surface area (Å²) in [5, 5.41) is 27.6. The van der Waals surface area contributed by atoms with Gasteiger partial charge in [-0.1, -0.05) is 12.8 Å². The predicted octanol–water partition coefficient (Wildman–Crippen LogP) is 0.550. The number of carboxylic acid groups (broad SMARTS) is 1. The van der Waals surface area contributed by atoms with Crippen molar-refractivity contribution in [3.8, 4) is 0 Å². The van der Waals surface area contributed by atoms with Crippen molar-refractivity contribution in [2.75, 3.05) is 20.2 Å². The molecule has 0 saturated carbocycles. The van der Waals surface area contributed by atoms with Gasteiger partial charge < -0.3 is 29.5 Å². The smallest absolute Gasteiger partial charge is 0.377 e. The number of carbonyl (C=O) groups excluding carboxylic acids is 1. The first-order chi connectivity index (χ1) is 12.3. The van der Waals surface area contributed by atoms with Gasteiger partial charge in [-0.3, -0.25) is 9.59 Å². The second kappa shape index (κ2) is 11.6. The van der Waals surface area contributed by atoms with Crippen LogP contribution in [0.15, 0.2) is 0 Å². The van der Waals surface area contributed by atoms with Crippen LogP contribution in [0.4, 0.5) is 0 Å². The molecule has 148 valence electrons. The molecule has 8 nitrogen and oxygen atoms in total. The molecule has 2 atom stereocenters. The van der Waals surface area contributed by atoms with Crippen molar-refractivity contribution in [3.05, 3.63) is 0 Å². The first-order valence-corrected chi connectivity index (χ1v) is 9.45. The molecular weight excluding hydrogens is 338 g/mol. The third-order valence-corrected chi connectivity index (χ3v) is 5.09. The Balaban J connectivity index is 0.000000263. The Hall–Kier alpha value is -1.09. The standard InChI is InChI=1S/C9H18BNO3.C7H14BNO3/c1-10(13)11-6-4-3-5-8(11)7-9(12)14-2;1-8(12)9-5-3-2-4-6(9)7(10)11/h8,13H,3-7H2,1-2H3;6,12H,2-5H2,1H3,(H,10,11). The van der Waals surface area contributed by atoms with E-state index in [2.05, 4.69) is 4.74 Å². The molecule has 2 rings (SSSR count). The molecule has 0 aromatic heterocycles. The number of hydrogen-bond acceptors (Lipinski definition) is 7. The molecule has 0 aromatic carbocycles. The highest BCUT2D eigenvalue weighted by atomic mass is 16.5. The summed E-state index contributed by atoms with van der Waals surface area (Å²) >= 11 is 0. The zero-order chi connectivity index (χ0) is 19.7. The first kappa shape index (κ1) is 23.0. The number of hydrogen-bond donors (Lipinski definition) is 3. The molecule has 2 heterocycles. The Morgan fingerprint density at radius 2 is 1.54 bits per heavy atom. The van der Waals surface area contributed by atoms with Gasteiger partial charge in [0.05, 0.1) is 13.5 Å². The van der Waals surface area contributed by atoms with Crippen molar-refractivity contribution >= 4 is 26.0 Å². The van der Waals surface area contributed by atoms with Crippen LogP contribution >= 0.6 is 0 Å². The Kier molecular flexibility index (Phi) is 10.2. The van der Waals surface area contributed by atoms with Crippen LogP contribution in [0.1, 0.15) is 44.9 Å². The molecule has 0 amide bonds. The minimum Gasteiger partial charge on any atom is -0.480 e. The van der Waals surface area contributed by atoms with Crippen LogP contribution in [0.5, 0.6) is 0 Å². The monoisotopic (exact) mass is 370 g/mol. The number of carbonyl (C=O) groups is 2. The van der Waals surface area contributed by atoms with Crippen LogP contribution < -0.4 is 0 Å². The number of aliphatic carboxylic acids is 1. The maximum Gasteiger partial charge on any atom is 0.377 e. The summed E-state index contributed by atoms with van der Waals surface area (Å²) in [5.74, 6) is -1.02. The lowest BCUT2D eigenvalue weighted by atomic mass is 9.79. The van der Waals surface area contributed by atoms with E-state index in [1.807, 2.05) is 4.81 Å². The Morgan fingerprint density at radius 3 is 2.00 bits per heavy atom. The van der Waals surface area contributed by atoms with E-state index in [4.69, 9.17) is 5.11 Å². The molecule has 0 spiro atoms. The molecule has 2 aliphatic heterocycles. The van der Waals surface area contributed by atoms with Gasteiger partial charge in [0.15, 0.2) is 0 Å². The van der Waals surface area contributed by atoms with Gasteiger partial charge in [-0.05, 0) is 52.4 Å². The van der Waals surface area contributed by atoms with Crippen LogP contribution in [-0.4, -0.2) is 83.1 Å². The minimum absolute atomic E-state index is 0.149. The van der Waals surface area contributed by atoms with E-state index in [1.165, 1.54) is 7.11 Å². The van der Waals surface area contributed by atoms with Crippen molar-refractivity contribution in [2.45, 2.75) is 70.7 Å². The molecule has 26 heavy (non-hydrogen) atoms. The number of rotatable bonds is 5. The third kappa shape index (κ3) is 7.26. The molecule has 0 aliphatic carbocycles. The van der Waals surface area contributed by atoms with Crippen molar-refractivity contribution in [3.63, 3.8) is 0 Å².